The van der Waals surface area contributed by atoms with Crippen molar-refractivity contribution in [3.63, 3.8) is 0 Å². The third kappa shape index (κ3) is 3.36. The minimum absolute atomic E-state index is 0.0821. The minimum Gasteiger partial charge on any atom is -0.337 e. The second kappa shape index (κ2) is 7.32. The van der Waals surface area contributed by atoms with Gasteiger partial charge in [0.1, 0.15) is 5.82 Å². The van der Waals surface area contributed by atoms with E-state index in [-0.39, 0.29) is 5.91 Å². The number of aromatic nitrogens is 5. The van der Waals surface area contributed by atoms with E-state index in [2.05, 4.69) is 41.4 Å². The molecule has 0 unspecified atom stereocenters. The first-order valence-electron chi connectivity index (χ1n) is 11.6. The highest BCUT2D eigenvalue weighted by molar-refractivity contribution is 5.94. The van der Waals surface area contributed by atoms with Gasteiger partial charge in [-0.2, -0.15) is 10.2 Å². The van der Waals surface area contributed by atoms with Crippen molar-refractivity contribution in [3.8, 4) is 5.69 Å². The Morgan fingerprint density at radius 2 is 1.81 bits per heavy atom. The van der Waals surface area contributed by atoms with Gasteiger partial charge in [0, 0.05) is 36.2 Å². The van der Waals surface area contributed by atoms with Crippen LogP contribution in [0.5, 0.6) is 0 Å². The number of aryl methyl sites for hydroxylation is 1. The summed E-state index contributed by atoms with van der Waals surface area (Å²) < 4.78 is 2.00. The molecular formula is C24H28N6O. The van der Waals surface area contributed by atoms with Gasteiger partial charge in [-0.15, -0.1) is 0 Å². The SMILES string of the molecule is Cc1ccc(-n2nc(C(=O)N3CCC(c4nc(C5CC5)n[nH]4)CC3)c3c2CCC3)cc1. The van der Waals surface area contributed by atoms with E-state index in [1.54, 1.807) is 0 Å². The van der Waals surface area contributed by atoms with Crippen LogP contribution >= 0.6 is 0 Å². The number of nitrogens with zero attached hydrogens (tertiary/aromatic N) is 5. The summed E-state index contributed by atoms with van der Waals surface area (Å²) in [4.78, 5) is 20.1. The fourth-order valence-corrected chi connectivity index (χ4v) is 5.01. The maximum absolute atomic E-state index is 13.4. The number of piperidine rings is 1. The van der Waals surface area contributed by atoms with E-state index in [1.807, 2.05) is 9.58 Å². The summed E-state index contributed by atoms with van der Waals surface area (Å²) in [6.45, 7) is 3.58. The van der Waals surface area contributed by atoms with Gasteiger partial charge in [-0.3, -0.25) is 9.89 Å². The third-order valence-corrected chi connectivity index (χ3v) is 7.04. The lowest BCUT2D eigenvalue weighted by molar-refractivity contribution is 0.0703. The van der Waals surface area contributed by atoms with Crippen LogP contribution in [0.4, 0.5) is 0 Å². The fraction of sp³-hybridized carbons (Fsp3) is 0.500. The third-order valence-electron chi connectivity index (χ3n) is 7.04. The Morgan fingerprint density at radius 1 is 1.03 bits per heavy atom. The summed E-state index contributed by atoms with van der Waals surface area (Å²) in [6.07, 6.45) is 7.29. The molecule has 1 aromatic carbocycles. The second-order valence-corrected chi connectivity index (χ2v) is 9.29. The van der Waals surface area contributed by atoms with Crippen molar-refractivity contribution in [2.45, 2.75) is 63.7 Å². The average molecular weight is 417 g/mol. The molecule has 0 spiro atoms. The molecule has 2 aliphatic carbocycles. The molecule has 2 fully saturated rings. The van der Waals surface area contributed by atoms with Gasteiger partial charge in [0.15, 0.2) is 11.5 Å². The zero-order valence-corrected chi connectivity index (χ0v) is 18.0. The molecule has 2 aromatic heterocycles. The predicted molar refractivity (Wildman–Crippen MR) is 117 cm³/mol. The molecule has 0 bridgehead atoms. The van der Waals surface area contributed by atoms with E-state index >= 15 is 0 Å². The van der Waals surface area contributed by atoms with Crippen LogP contribution in [0.2, 0.25) is 0 Å². The zero-order chi connectivity index (χ0) is 20.9. The summed E-state index contributed by atoms with van der Waals surface area (Å²) >= 11 is 0. The molecule has 7 nitrogen and oxygen atoms in total. The first-order chi connectivity index (χ1) is 15.2. The van der Waals surface area contributed by atoms with Gasteiger partial charge in [-0.1, -0.05) is 17.7 Å². The van der Waals surface area contributed by atoms with Crippen molar-refractivity contribution in [1.82, 2.24) is 29.9 Å². The number of fused-ring (bicyclic) bond motifs is 1. The lowest BCUT2D eigenvalue weighted by Crippen LogP contribution is -2.38. The molecule has 31 heavy (non-hydrogen) atoms. The standard InChI is InChI=1S/C24H28N6O/c1-15-5-9-18(10-6-15)30-20-4-2-3-19(20)21(28-30)24(31)29-13-11-17(12-14-29)23-25-22(26-27-23)16-7-8-16/h5-6,9-10,16-17H,2-4,7-8,11-14H2,1H3,(H,25,26,27). The molecule has 1 saturated carbocycles. The van der Waals surface area contributed by atoms with E-state index in [0.29, 0.717) is 17.5 Å². The van der Waals surface area contributed by atoms with Crippen molar-refractivity contribution in [3.05, 3.63) is 58.4 Å². The van der Waals surface area contributed by atoms with E-state index < -0.39 is 0 Å². The largest absolute Gasteiger partial charge is 0.337 e. The van der Waals surface area contributed by atoms with Crippen molar-refractivity contribution in [2.75, 3.05) is 13.1 Å². The first kappa shape index (κ1) is 18.8. The number of hydrogen-bond donors (Lipinski definition) is 1. The highest BCUT2D eigenvalue weighted by atomic mass is 16.2. The molecule has 1 aliphatic heterocycles. The molecule has 160 valence electrons. The molecule has 0 radical (unpaired) electrons. The molecule has 1 amide bonds. The number of likely N-dealkylation sites (tertiary alicyclic amines) is 1. The maximum Gasteiger partial charge on any atom is 0.274 e. The Morgan fingerprint density at radius 3 is 2.55 bits per heavy atom. The number of carbonyl (C=O) groups is 1. The van der Waals surface area contributed by atoms with E-state index in [4.69, 9.17) is 10.1 Å². The van der Waals surface area contributed by atoms with Crippen LogP contribution in [0.25, 0.3) is 5.69 Å². The number of H-pyrrole nitrogens is 1. The lowest BCUT2D eigenvalue weighted by atomic mass is 9.96. The molecule has 7 heteroatoms. The molecule has 3 aromatic rings. The highest BCUT2D eigenvalue weighted by Gasteiger charge is 2.33. The van der Waals surface area contributed by atoms with Gasteiger partial charge < -0.3 is 4.90 Å². The van der Waals surface area contributed by atoms with Crippen LogP contribution in [0.1, 0.15) is 82.9 Å². The van der Waals surface area contributed by atoms with Crippen LogP contribution in [-0.4, -0.2) is 48.9 Å². The number of benzene rings is 1. The molecule has 1 N–H and O–H groups in total. The lowest BCUT2D eigenvalue weighted by Gasteiger charge is -2.30. The maximum atomic E-state index is 13.4. The quantitative estimate of drug-likeness (QED) is 0.704. The normalized spacial score (nSPS) is 19.1. The number of rotatable bonds is 4. The molecule has 3 aliphatic rings. The van der Waals surface area contributed by atoms with Crippen LogP contribution in [0.15, 0.2) is 24.3 Å². The zero-order valence-electron chi connectivity index (χ0n) is 18.0. The van der Waals surface area contributed by atoms with Crippen LogP contribution < -0.4 is 0 Å². The Kier molecular flexibility index (Phi) is 4.44. The molecular weight excluding hydrogens is 388 g/mol. The highest BCUT2D eigenvalue weighted by Crippen LogP contribution is 2.39. The summed E-state index contributed by atoms with van der Waals surface area (Å²) in [5, 5.41) is 12.4. The van der Waals surface area contributed by atoms with E-state index in [1.165, 1.54) is 24.1 Å². The summed E-state index contributed by atoms with van der Waals surface area (Å²) in [5.74, 6) is 2.99. The topological polar surface area (TPSA) is 79.7 Å². The Bertz CT molecular complexity index is 1120. The average Bonchev–Trinajstić information content (AvgIpc) is 3.20. The smallest absolute Gasteiger partial charge is 0.274 e. The first-order valence-corrected chi connectivity index (χ1v) is 11.6. The van der Waals surface area contributed by atoms with Crippen LogP contribution in [0.3, 0.4) is 0 Å². The van der Waals surface area contributed by atoms with Gasteiger partial charge in [0.25, 0.3) is 5.91 Å². The number of amides is 1. The predicted octanol–water partition coefficient (Wildman–Crippen LogP) is 3.68. The summed E-state index contributed by atoms with van der Waals surface area (Å²) in [7, 11) is 0. The van der Waals surface area contributed by atoms with Gasteiger partial charge >= 0.3 is 0 Å². The Labute approximate surface area is 181 Å². The number of nitrogens with one attached hydrogen (secondary N) is 1. The fourth-order valence-electron chi connectivity index (χ4n) is 5.01. The number of carbonyl (C=O) groups excluding carboxylic acids is 1. The van der Waals surface area contributed by atoms with E-state index in [9.17, 15) is 4.79 Å². The number of aromatic amines is 1. The van der Waals surface area contributed by atoms with Gasteiger partial charge in [-0.05, 0) is 64.0 Å². The second-order valence-electron chi connectivity index (χ2n) is 9.29. The number of hydrogen-bond acceptors (Lipinski definition) is 4. The monoisotopic (exact) mass is 416 g/mol. The minimum atomic E-state index is 0.0821. The van der Waals surface area contributed by atoms with E-state index in [0.717, 1.165) is 68.1 Å². The Hall–Kier alpha value is -2.96. The van der Waals surface area contributed by atoms with Crippen molar-refractivity contribution in [1.29, 1.82) is 0 Å². The van der Waals surface area contributed by atoms with Crippen LogP contribution in [-0.2, 0) is 12.8 Å². The van der Waals surface area contributed by atoms with Gasteiger partial charge in [-0.25, -0.2) is 9.67 Å². The van der Waals surface area contributed by atoms with Gasteiger partial charge in [0.2, 0.25) is 0 Å². The van der Waals surface area contributed by atoms with Crippen molar-refractivity contribution >= 4 is 5.91 Å². The van der Waals surface area contributed by atoms with Crippen molar-refractivity contribution in [2.24, 2.45) is 0 Å². The molecule has 3 heterocycles. The van der Waals surface area contributed by atoms with Gasteiger partial charge in [0.05, 0.1) is 5.69 Å². The van der Waals surface area contributed by atoms with Crippen molar-refractivity contribution < 1.29 is 4.79 Å². The Balaban J connectivity index is 1.19. The summed E-state index contributed by atoms with van der Waals surface area (Å²) in [5.41, 5.74) is 5.27. The molecule has 6 rings (SSSR count). The van der Waals surface area contributed by atoms with Crippen LogP contribution in [0, 0.1) is 6.92 Å². The molecule has 1 saturated heterocycles. The molecule has 0 atom stereocenters. The summed E-state index contributed by atoms with van der Waals surface area (Å²) in [6, 6.07) is 8.38.